The summed E-state index contributed by atoms with van der Waals surface area (Å²) in [5, 5.41) is 31.2. The molecule has 2 aromatic carbocycles. The molecule has 0 aliphatic carbocycles. The molecule has 2 heterocycles. The van der Waals surface area contributed by atoms with Crippen molar-refractivity contribution in [3.63, 3.8) is 0 Å². The van der Waals surface area contributed by atoms with E-state index in [0.717, 1.165) is 21.2 Å². The quantitative estimate of drug-likeness (QED) is 0.424. The number of benzene rings is 2. The molecule has 1 saturated heterocycles. The summed E-state index contributed by atoms with van der Waals surface area (Å²) >= 11 is 1.41. The number of aromatic hydroxyl groups is 1. The molecular weight excluding hydrogens is 429 g/mol. The van der Waals surface area contributed by atoms with Gasteiger partial charge in [0, 0.05) is 28.0 Å². The van der Waals surface area contributed by atoms with Gasteiger partial charge in [-0.3, -0.25) is 0 Å². The van der Waals surface area contributed by atoms with Crippen molar-refractivity contribution < 1.29 is 33.2 Å². The number of hydrogen-bond acceptors (Lipinski definition) is 5. The molecule has 0 spiro atoms. The van der Waals surface area contributed by atoms with Crippen LogP contribution in [0.1, 0.15) is 41.0 Å². The number of alkyl halides is 3. The molecule has 1 aromatic heterocycles. The molecule has 3 atom stereocenters. The monoisotopic (exact) mass is 450 g/mol. The van der Waals surface area contributed by atoms with E-state index < -0.39 is 29.7 Å². The minimum absolute atomic E-state index is 0.0164. The fourth-order valence-corrected chi connectivity index (χ4v) is 5.04. The van der Waals surface area contributed by atoms with Crippen molar-refractivity contribution in [2.24, 2.45) is 5.92 Å². The van der Waals surface area contributed by atoms with Gasteiger partial charge in [-0.2, -0.15) is 13.2 Å². The van der Waals surface area contributed by atoms with Gasteiger partial charge in [-0.25, -0.2) is 0 Å². The van der Waals surface area contributed by atoms with Gasteiger partial charge < -0.3 is 20.1 Å². The van der Waals surface area contributed by atoms with Crippen LogP contribution < -0.4 is 0 Å². The number of aliphatic hydroxyl groups excluding tert-OH is 2. The van der Waals surface area contributed by atoms with Crippen LogP contribution in [-0.2, 0) is 17.3 Å². The number of thiophene rings is 1. The van der Waals surface area contributed by atoms with E-state index in [0.29, 0.717) is 6.07 Å². The van der Waals surface area contributed by atoms with Gasteiger partial charge in [-0.15, -0.1) is 11.3 Å². The number of fused-ring (bicyclic) bond motifs is 1. The summed E-state index contributed by atoms with van der Waals surface area (Å²) in [7, 11) is 0. The van der Waals surface area contributed by atoms with Crippen molar-refractivity contribution in [1.82, 2.24) is 0 Å². The number of aliphatic hydroxyl groups is 2. The largest absolute Gasteiger partial charge is 0.512 e. The molecule has 1 aliphatic rings. The third-order valence-electron chi connectivity index (χ3n) is 5.54. The molecule has 3 N–H and O–H groups in total. The fourth-order valence-electron chi connectivity index (χ4n) is 3.95. The molecule has 164 valence electrons. The van der Waals surface area contributed by atoms with E-state index in [1.165, 1.54) is 17.4 Å². The fraction of sp³-hybridized carbons (Fsp3) is 0.304. The van der Waals surface area contributed by atoms with Crippen LogP contribution in [0.2, 0.25) is 0 Å². The molecule has 0 saturated carbocycles. The Kier molecular flexibility index (Phi) is 5.61. The first-order valence-electron chi connectivity index (χ1n) is 9.75. The Bertz CT molecular complexity index is 1100. The maximum atomic E-state index is 13.7. The highest BCUT2D eigenvalue weighted by atomic mass is 32.1. The van der Waals surface area contributed by atoms with E-state index in [9.17, 15) is 28.5 Å². The molecule has 3 aromatic rings. The summed E-state index contributed by atoms with van der Waals surface area (Å²) in [6.45, 7) is 1.74. The highest BCUT2D eigenvalue weighted by Gasteiger charge is 2.39. The molecule has 1 unspecified atom stereocenters. The predicted molar refractivity (Wildman–Crippen MR) is 112 cm³/mol. The standard InChI is InChI=1S/C23H21F3O4S/c1-12-6-15(11-27)30-22(21(12)29)17-9-14(18(10-19(17)28)23(24,25)26)8-16-7-13-4-2-3-5-20(13)31-16/h2-5,7,9-12,21-22,27-29H,6,8H2,1H3/b15-11+/t12-,21?,22-/m0/s1. The molecule has 8 heteroatoms. The van der Waals surface area contributed by atoms with E-state index in [4.69, 9.17) is 4.74 Å². The Morgan fingerprint density at radius 3 is 2.61 bits per heavy atom. The van der Waals surface area contributed by atoms with Gasteiger partial charge in [0.1, 0.15) is 17.8 Å². The number of halogens is 3. The van der Waals surface area contributed by atoms with Crippen molar-refractivity contribution in [1.29, 1.82) is 0 Å². The lowest BCUT2D eigenvalue weighted by molar-refractivity contribution is -0.138. The summed E-state index contributed by atoms with van der Waals surface area (Å²) in [6, 6.07) is 11.4. The Morgan fingerprint density at radius 2 is 1.94 bits per heavy atom. The van der Waals surface area contributed by atoms with E-state index in [1.807, 2.05) is 30.3 Å². The van der Waals surface area contributed by atoms with Gasteiger partial charge in [0.15, 0.2) is 6.10 Å². The summed E-state index contributed by atoms with van der Waals surface area (Å²) in [4.78, 5) is 0.748. The van der Waals surface area contributed by atoms with E-state index in [1.54, 1.807) is 6.92 Å². The van der Waals surface area contributed by atoms with Gasteiger partial charge in [0.05, 0.1) is 11.7 Å². The van der Waals surface area contributed by atoms with Gasteiger partial charge in [0.25, 0.3) is 0 Å². The summed E-state index contributed by atoms with van der Waals surface area (Å²) < 4.78 is 47.8. The van der Waals surface area contributed by atoms with Crippen LogP contribution in [0.3, 0.4) is 0 Å². The third kappa shape index (κ3) is 4.22. The van der Waals surface area contributed by atoms with Crippen molar-refractivity contribution in [2.45, 2.75) is 38.1 Å². The Morgan fingerprint density at radius 1 is 1.19 bits per heavy atom. The maximum absolute atomic E-state index is 13.7. The zero-order valence-corrected chi connectivity index (χ0v) is 17.4. The first-order valence-corrected chi connectivity index (χ1v) is 10.6. The number of allylic oxidation sites excluding steroid dienone is 1. The van der Waals surface area contributed by atoms with E-state index in [-0.39, 0.29) is 35.6 Å². The van der Waals surface area contributed by atoms with Crippen LogP contribution in [0.25, 0.3) is 10.1 Å². The van der Waals surface area contributed by atoms with Gasteiger partial charge in [-0.05, 0) is 41.1 Å². The molecule has 4 rings (SSSR count). The van der Waals surface area contributed by atoms with Crippen LogP contribution in [0.5, 0.6) is 5.75 Å². The first-order chi connectivity index (χ1) is 14.7. The molecular formula is C23H21F3O4S. The Hall–Kier alpha value is -2.71. The molecule has 1 aliphatic heterocycles. The first kappa shape index (κ1) is 21.5. The smallest absolute Gasteiger partial charge is 0.416 e. The molecule has 0 amide bonds. The molecule has 4 nitrogen and oxygen atoms in total. The summed E-state index contributed by atoms with van der Waals surface area (Å²) in [6.07, 6.45) is -5.73. The van der Waals surface area contributed by atoms with Crippen molar-refractivity contribution >= 4 is 21.4 Å². The summed E-state index contributed by atoms with van der Waals surface area (Å²) in [5.41, 5.74) is -0.889. The number of hydrogen-bond donors (Lipinski definition) is 3. The van der Waals surface area contributed by atoms with Crippen LogP contribution >= 0.6 is 11.3 Å². The van der Waals surface area contributed by atoms with E-state index >= 15 is 0 Å². The maximum Gasteiger partial charge on any atom is 0.416 e. The van der Waals surface area contributed by atoms with Crippen molar-refractivity contribution in [2.75, 3.05) is 0 Å². The van der Waals surface area contributed by atoms with Crippen molar-refractivity contribution in [3.05, 3.63) is 76.1 Å². The minimum Gasteiger partial charge on any atom is -0.512 e. The SMILES string of the molecule is C[C@H]1C/C(=C\O)O[C@@H](c2cc(Cc3cc4ccccc4s3)c(C(F)(F)F)cc2O)C1O. The van der Waals surface area contributed by atoms with Gasteiger partial charge >= 0.3 is 6.18 Å². The number of phenols is 1. The average molecular weight is 450 g/mol. The molecule has 0 bridgehead atoms. The van der Waals surface area contributed by atoms with Gasteiger partial charge in [0.2, 0.25) is 0 Å². The summed E-state index contributed by atoms with van der Waals surface area (Å²) in [5.74, 6) is -0.721. The lowest BCUT2D eigenvalue weighted by Crippen LogP contribution is -2.33. The zero-order chi connectivity index (χ0) is 22.3. The van der Waals surface area contributed by atoms with Crippen LogP contribution in [0, 0.1) is 5.92 Å². The number of phenolic OH excluding ortho intramolecular Hbond substituents is 1. The Labute approximate surface area is 180 Å². The number of ether oxygens (including phenoxy) is 1. The minimum atomic E-state index is -4.66. The van der Waals surface area contributed by atoms with Crippen LogP contribution in [0.4, 0.5) is 13.2 Å². The van der Waals surface area contributed by atoms with Gasteiger partial charge in [-0.1, -0.05) is 25.1 Å². The highest BCUT2D eigenvalue weighted by molar-refractivity contribution is 7.19. The van der Waals surface area contributed by atoms with E-state index in [2.05, 4.69) is 0 Å². The van der Waals surface area contributed by atoms with Crippen LogP contribution in [-0.4, -0.2) is 21.4 Å². The molecule has 0 radical (unpaired) electrons. The second-order valence-electron chi connectivity index (χ2n) is 7.80. The second kappa shape index (κ2) is 8.09. The second-order valence-corrected chi connectivity index (χ2v) is 8.97. The Balaban J connectivity index is 1.79. The lowest BCUT2D eigenvalue weighted by atomic mass is 9.87. The zero-order valence-electron chi connectivity index (χ0n) is 16.6. The predicted octanol–water partition coefficient (Wildman–Crippen LogP) is 6.07. The average Bonchev–Trinajstić information content (AvgIpc) is 3.12. The number of rotatable bonds is 3. The third-order valence-corrected chi connectivity index (χ3v) is 6.66. The normalized spacial score (nSPS) is 23.3. The van der Waals surface area contributed by atoms with Crippen molar-refractivity contribution in [3.8, 4) is 5.75 Å². The topological polar surface area (TPSA) is 69.9 Å². The molecule has 31 heavy (non-hydrogen) atoms. The molecule has 1 fully saturated rings. The highest BCUT2D eigenvalue weighted by Crippen LogP contribution is 2.44. The van der Waals surface area contributed by atoms with Crippen LogP contribution in [0.15, 0.2) is 54.5 Å². The lowest BCUT2D eigenvalue weighted by Gasteiger charge is -2.35.